The van der Waals surface area contributed by atoms with Gasteiger partial charge in [-0.25, -0.2) is 0 Å². The van der Waals surface area contributed by atoms with Gasteiger partial charge < -0.3 is 14.2 Å². The number of hydrazone groups is 1. The lowest BCUT2D eigenvalue weighted by Crippen LogP contribution is -2.27. The molecule has 3 aromatic rings. The second-order valence-corrected chi connectivity index (χ2v) is 10.3. The van der Waals surface area contributed by atoms with Gasteiger partial charge >= 0.3 is 6.18 Å². The van der Waals surface area contributed by atoms with Crippen molar-refractivity contribution in [2.24, 2.45) is 5.10 Å². The Balaban J connectivity index is 1.83. The summed E-state index contributed by atoms with van der Waals surface area (Å²) in [5, 5.41) is 4.72. The lowest BCUT2D eigenvalue weighted by molar-refractivity contribution is -0.137. The highest BCUT2D eigenvalue weighted by Crippen LogP contribution is 2.44. The third-order valence-corrected chi connectivity index (χ3v) is 7.80. The molecule has 37 heavy (non-hydrogen) atoms. The van der Waals surface area contributed by atoms with Gasteiger partial charge in [0, 0.05) is 11.4 Å². The maximum atomic E-state index is 13.7. The van der Waals surface area contributed by atoms with Gasteiger partial charge in [-0.1, -0.05) is 23.7 Å². The summed E-state index contributed by atoms with van der Waals surface area (Å²) in [5.41, 5.74) is 0.323. The molecule has 4 rings (SSSR count). The number of hydrogen-bond acceptors (Lipinski definition) is 6. The molecule has 12 heteroatoms. The molecule has 0 spiro atoms. The molecule has 0 saturated heterocycles. The number of sulfonamides is 1. The van der Waals surface area contributed by atoms with Crippen LogP contribution in [0.2, 0.25) is 5.02 Å². The fourth-order valence-corrected chi connectivity index (χ4v) is 5.55. The van der Waals surface area contributed by atoms with E-state index < -0.39 is 27.8 Å². The molecule has 196 valence electrons. The summed E-state index contributed by atoms with van der Waals surface area (Å²) in [6, 6.07) is 12.4. The Bertz CT molecular complexity index is 1400. The molecule has 1 atom stereocenters. The maximum Gasteiger partial charge on any atom is 0.416 e. The monoisotopic (exact) mass is 554 g/mol. The summed E-state index contributed by atoms with van der Waals surface area (Å²) < 4.78 is 83.7. The van der Waals surface area contributed by atoms with Crippen molar-refractivity contribution in [3.05, 3.63) is 82.4 Å². The molecule has 0 N–H and O–H groups in total. The number of hydrogen-bond donors (Lipinski definition) is 0. The zero-order chi connectivity index (χ0) is 27.0. The second-order valence-electron chi connectivity index (χ2n) is 8.03. The van der Waals surface area contributed by atoms with Crippen molar-refractivity contribution in [3.8, 4) is 17.2 Å². The second kappa shape index (κ2) is 10.1. The predicted molar refractivity (Wildman–Crippen MR) is 132 cm³/mol. The van der Waals surface area contributed by atoms with Crippen LogP contribution in [-0.2, 0) is 16.2 Å². The van der Waals surface area contributed by atoms with E-state index in [1.165, 1.54) is 57.7 Å². The number of alkyl halides is 3. The molecule has 1 unspecified atom stereocenters. The molecular weight excluding hydrogens is 533 g/mol. The molecule has 3 aromatic carbocycles. The SMILES string of the molecule is COc1cc(C2CC(c3ccc(C(F)(F)F)cc3)=NN2S(=O)(=O)c2ccc(Cl)cc2)cc(OC)c1OC. The highest BCUT2D eigenvalue weighted by Gasteiger charge is 2.39. The van der Waals surface area contributed by atoms with Crippen LogP contribution in [0, 0.1) is 0 Å². The van der Waals surface area contributed by atoms with E-state index in [1.54, 1.807) is 12.1 Å². The van der Waals surface area contributed by atoms with E-state index >= 15 is 0 Å². The van der Waals surface area contributed by atoms with Crippen LogP contribution in [-0.4, -0.2) is 39.9 Å². The summed E-state index contributed by atoms with van der Waals surface area (Å²) >= 11 is 5.93. The van der Waals surface area contributed by atoms with Crippen LogP contribution in [0.15, 0.2) is 70.7 Å². The lowest BCUT2D eigenvalue weighted by atomic mass is 9.98. The zero-order valence-corrected chi connectivity index (χ0v) is 21.5. The van der Waals surface area contributed by atoms with Crippen molar-refractivity contribution in [3.63, 3.8) is 0 Å². The minimum Gasteiger partial charge on any atom is -0.493 e. The number of ether oxygens (including phenoxy) is 3. The summed E-state index contributed by atoms with van der Waals surface area (Å²) in [4.78, 5) is -0.0493. The topological polar surface area (TPSA) is 77.4 Å². The normalized spacial score (nSPS) is 15.9. The van der Waals surface area contributed by atoms with Crippen LogP contribution in [0.5, 0.6) is 17.2 Å². The fourth-order valence-electron chi connectivity index (χ4n) is 3.99. The third kappa shape index (κ3) is 5.19. The standard InChI is InChI=1S/C25H22ClF3N2O5S/c1-34-22-12-16(13-23(35-2)24(22)36-3)21-14-20(15-4-6-17(7-5-15)25(27,28)29)30-31(21)37(32,33)19-10-8-18(26)9-11-19/h4-13,21H,14H2,1-3H3. The van der Waals surface area contributed by atoms with E-state index in [1.807, 2.05) is 0 Å². The number of rotatable bonds is 7. The molecule has 0 aromatic heterocycles. The molecule has 7 nitrogen and oxygen atoms in total. The molecule has 0 amide bonds. The van der Waals surface area contributed by atoms with E-state index in [0.717, 1.165) is 16.5 Å². The minimum absolute atomic E-state index is 0.0493. The Morgan fingerprint density at radius 1 is 0.919 bits per heavy atom. The molecule has 0 bridgehead atoms. The van der Waals surface area contributed by atoms with E-state index in [4.69, 9.17) is 25.8 Å². The van der Waals surface area contributed by atoms with Crippen LogP contribution in [0.3, 0.4) is 0 Å². The molecule has 0 fully saturated rings. The van der Waals surface area contributed by atoms with Crippen LogP contribution in [0.1, 0.15) is 29.2 Å². The van der Waals surface area contributed by atoms with Crippen molar-refractivity contribution in [1.29, 1.82) is 0 Å². The third-order valence-electron chi connectivity index (χ3n) is 5.85. The van der Waals surface area contributed by atoms with Gasteiger partial charge in [0.2, 0.25) is 5.75 Å². The lowest BCUT2D eigenvalue weighted by Gasteiger charge is -2.25. The number of methoxy groups -OCH3 is 3. The van der Waals surface area contributed by atoms with Crippen LogP contribution < -0.4 is 14.2 Å². The summed E-state index contributed by atoms with van der Waals surface area (Å²) in [5.74, 6) is 0.940. The fraction of sp³-hybridized carbons (Fsp3) is 0.240. The Kier molecular flexibility index (Phi) is 7.29. The van der Waals surface area contributed by atoms with Gasteiger partial charge in [0.1, 0.15) is 0 Å². The molecule has 0 radical (unpaired) electrons. The molecular formula is C25H22ClF3N2O5S. The minimum atomic E-state index is -4.50. The van der Waals surface area contributed by atoms with Crippen molar-refractivity contribution >= 4 is 27.3 Å². The van der Waals surface area contributed by atoms with Gasteiger partial charge in [-0.05, 0) is 59.7 Å². The average Bonchev–Trinajstić information content (AvgIpc) is 3.34. The van der Waals surface area contributed by atoms with Crippen molar-refractivity contribution < 1.29 is 35.8 Å². The summed E-state index contributed by atoms with van der Waals surface area (Å²) in [7, 11) is 0.123. The van der Waals surface area contributed by atoms with Crippen LogP contribution in [0.25, 0.3) is 0 Å². The van der Waals surface area contributed by atoms with E-state index in [0.29, 0.717) is 39.1 Å². The quantitative estimate of drug-likeness (QED) is 0.362. The molecule has 1 aliphatic rings. The average molecular weight is 555 g/mol. The number of benzene rings is 3. The molecule has 1 aliphatic heterocycles. The van der Waals surface area contributed by atoms with Gasteiger partial charge in [-0.15, -0.1) is 0 Å². The highest BCUT2D eigenvalue weighted by molar-refractivity contribution is 7.89. The maximum absolute atomic E-state index is 13.7. The first-order chi connectivity index (χ1) is 17.5. The molecule has 0 saturated carbocycles. The molecule has 0 aliphatic carbocycles. The van der Waals surface area contributed by atoms with E-state index in [9.17, 15) is 21.6 Å². The Morgan fingerprint density at radius 3 is 1.97 bits per heavy atom. The Morgan fingerprint density at radius 2 is 1.49 bits per heavy atom. The summed E-state index contributed by atoms with van der Waals surface area (Å²) in [6.45, 7) is 0. The summed E-state index contributed by atoms with van der Waals surface area (Å²) in [6.07, 6.45) is -4.42. The van der Waals surface area contributed by atoms with Crippen LogP contribution in [0.4, 0.5) is 13.2 Å². The van der Waals surface area contributed by atoms with Gasteiger partial charge in [0.05, 0.1) is 43.5 Å². The van der Waals surface area contributed by atoms with Crippen LogP contribution >= 0.6 is 11.6 Å². The van der Waals surface area contributed by atoms with E-state index in [-0.39, 0.29) is 11.3 Å². The molecule has 1 heterocycles. The van der Waals surface area contributed by atoms with Gasteiger partial charge in [-0.3, -0.25) is 0 Å². The smallest absolute Gasteiger partial charge is 0.416 e. The van der Waals surface area contributed by atoms with Crippen molar-refractivity contribution in [1.82, 2.24) is 4.41 Å². The number of halogens is 4. The first kappa shape index (κ1) is 26.6. The highest BCUT2D eigenvalue weighted by atomic mass is 35.5. The first-order valence-electron chi connectivity index (χ1n) is 10.8. The van der Waals surface area contributed by atoms with Gasteiger partial charge in [0.15, 0.2) is 11.5 Å². The first-order valence-corrected chi connectivity index (χ1v) is 12.7. The predicted octanol–water partition coefficient (Wildman–Crippen LogP) is 5.92. The zero-order valence-electron chi connectivity index (χ0n) is 19.9. The van der Waals surface area contributed by atoms with Gasteiger partial charge in [0.25, 0.3) is 10.0 Å². The number of nitrogens with zero attached hydrogens (tertiary/aromatic N) is 2. The van der Waals surface area contributed by atoms with E-state index in [2.05, 4.69) is 5.10 Å². The van der Waals surface area contributed by atoms with Crippen molar-refractivity contribution in [2.75, 3.05) is 21.3 Å². The van der Waals surface area contributed by atoms with Gasteiger partial charge in [-0.2, -0.15) is 31.1 Å². The largest absolute Gasteiger partial charge is 0.493 e. The van der Waals surface area contributed by atoms with Crippen molar-refractivity contribution in [2.45, 2.75) is 23.5 Å². The Hall–Kier alpha value is -3.44. The Labute approximate surface area is 217 Å².